The summed E-state index contributed by atoms with van der Waals surface area (Å²) in [6.07, 6.45) is -8.62. The fourth-order valence-electron chi connectivity index (χ4n) is 4.84. The van der Waals surface area contributed by atoms with Crippen LogP contribution in [-0.4, -0.2) is 23.9 Å². The highest BCUT2D eigenvalue weighted by molar-refractivity contribution is 7.92. The zero-order chi connectivity index (χ0) is 25.3. The third kappa shape index (κ3) is 4.01. The highest BCUT2D eigenvalue weighted by atomic mass is 32.2. The molecule has 1 saturated carbocycles. The van der Waals surface area contributed by atoms with Crippen molar-refractivity contribution in [3.8, 4) is 0 Å². The molecule has 4 rings (SSSR count). The van der Waals surface area contributed by atoms with Crippen molar-refractivity contribution in [2.45, 2.75) is 55.1 Å². The topological polar surface area (TPSA) is 64.1 Å². The second kappa shape index (κ2) is 7.79. The predicted octanol–water partition coefficient (Wildman–Crippen LogP) is 5.75. The number of pyridine rings is 1. The zero-order valence-corrected chi connectivity index (χ0v) is 19.0. The van der Waals surface area contributed by atoms with Gasteiger partial charge in [0.25, 0.3) is 0 Å². The van der Waals surface area contributed by atoms with Crippen molar-refractivity contribution in [3.05, 3.63) is 58.9 Å². The lowest BCUT2D eigenvalue weighted by atomic mass is 9.63. The number of Topliss-reactive ketones (excluding diaryl/α,β-unsaturated/α-hetero) is 1. The highest BCUT2D eigenvalue weighted by Gasteiger charge is 2.52. The lowest BCUT2D eigenvalue weighted by molar-refractivity contribution is -0.141. The number of sulfone groups is 1. The first-order chi connectivity index (χ1) is 15.5. The van der Waals surface area contributed by atoms with Crippen LogP contribution >= 0.6 is 0 Å². The maximum absolute atomic E-state index is 13.2. The van der Waals surface area contributed by atoms with E-state index in [0.29, 0.717) is 18.9 Å². The van der Waals surface area contributed by atoms with E-state index in [4.69, 9.17) is 0 Å². The van der Waals surface area contributed by atoms with Crippen LogP contribution in [0.1, 0.15) is 54.0 Å². The average molecular weight is 505 g/mol. The number of aromatic nitrogens is 1. The molecule has 0 bridgehead atoms. The summed E-state index contributed by atoms with van der Waals surface area (Å²) < 4.78 is 103. The third-order valence-corrected chi connectivity index (χ3v) is 9.76. The van der Waals surface area contributed by atoms with E-state index in [9.17, 15) is 39.6 Å². The first-order valence-electron chi connectivity index (χ1n) is 10.6. The molecule has 34 heavy (non-hydrogen) atoms. The molecule has 1 aromatic heterocycles. The molecular weight excluding hydrogens is 484 g/mol. The lowest BCUT2D eigenvalue weighted by Gasteiger charge is -2.46. The molecule has 4 nitrogen and oxygen atoms in total. The van der Waals surface area contributed by atoms with Crippen LogP contribution < -0.4 is 0 Å². The fourth-order valence-corrected chi connectivity index (χ4v) is 6.62. The van der Waals surface area contributed by atoms with E-state index in [-0.39, 0.29) is 29.4 Å². The van der Waals surface area contributed by atoms with Gasteiger partial charge in [-0.3, -0.25) is 4.79 Å². The molecule has 2 aliphatic carbocycles. The van der Waals surface area contributed by atoms with Crippen LogP contribution in [0.3, 0.4) is 0 Å². The number of hydrogen-bond acceptors (Lipinski definition) is 4. The second-order valence-electron chi connectivity index (χ2n) is 9.42. The maximum atomic E-state index is 13.2. The molecule has 0 spiro atoms. The lowest BCUT2D eigenvalue weighted by Crippen LogP contribution is -2.48. The fraction of sp³-hybridized carbons (Fsp3) is 0.478. The van der Waals surface area contributed by atoms with Crippen LogP contribution in [0.25, 0.3) is 0 Å². The number of benzene rings is 1. The minimum absolute atomic E-state index is 0.0519. The van der Waals surface area contributed by atoms with Crippen LogP contribution in [0.2, 0.25) is 0 Å². The number of nitrogens with zero attached hydrogens (tertiary/aromatic N) is 1. The molecular formula is C23H21F6NO3S. The standard InChI is InChI=1S/C23H21F6NO3S/c1-21(2,34(32,33)15-5-3-4-13(10-15)22(24,25)26)14-8-12(9-14)17-11-18-16(20(17)31)6-7-19(30-18)23(27,28)29/h3-7,10,12,14,17H,8-9,11H2,1-2H3/t12-,14+,17?. The van der Waals surface area contributed by atoms with Gasteiger partial charge in [0.1, 0.15) is 5.69 Å². The van der Waals surface area contributed by atoms with E-state index in [2.05, 4.69) is 4.98 Å². The summed E-state index contributed by atoms with van der Waals surface area (Å²) in [6.45, 7) is 2.90. The number of alkyl halides is 6. The van der Waals surface area contributed by atoms with Crippen LogP contribution in [0.15, 0.2) is 41.3 Å². The van der Waals surface area contributed by atoms with E-state index < -0.39 is 54.9 Å². The van der Waals surface area contributed by atoms with Crippen molar-refractivity contribution in [2.24, 2.45) is 17.8 Å². The summed E-state index contributed by atoms with van der Waals surface area (Å²) in [7, 11) is -4.14. The van der Waals surface area contributed by atoms with Gasteiger partial charge < -0.3 is 0 Å². The van der Waals surface area contributed by atoms with Crippen molar-refractivity contribution in [2.75, 3.05) is 0 Å². The summed E-state index contributed by atoms with van der Waals surface area (Å²) in [5, 5.41) is 0. The normalized spacial score (nSPS) is 23.5. The van der Waals surface area contributed by atoms with Gasteiger partial charge in [0, 0.05) is 17.9 Å². The van der Waals surface area contributed by atoms with Gasteiger partial charge in [-0.15, -0.1) is 0 Å². The molecule has 184 valence electrons. The van der Waals surface area contributed by atoms with Crippen LogP contribution in [0.4, 0.5) is 26.3 Å². The Morgan fingerprint density at radius 1 is 0.941 bits per heavy atom. The van der Waals surface area contributed by atoms with Gasteiger partial charge in [0.05, 0.1) is 20.9 Å². The largest absolute Gasteiger partial charge is 0.433 e. The van der Waals surface area contributed by atoms with Gasteiger partial charge in [-0.2, -0.15) is 26.3 Å². The summed E-state index contributed by atoms with van der Waals surface area (Å²) in [6, 6.07) is 5.50. The Morgan fingerprint density at radius 2 is 1.59 bits per heavy atom. The van der Waals surface area contributed by atoms with Gasteiger partial charge in [0.15, 0.2) is 15.6 Å². The molecule has 2 aliphatic rings. The Morgan fingerprint density at radius 3 is 2.18 bits per heavy atom. The number of ketones is 1. The van der Waals surface area contributed by atoms with Crippen LogP contribution in [-0.2, 0) is 28.6 Å². The minimum atomic E-state index is -4.69. The highest BCUT2D eigenvalue weighted by Crippen LogP contribution is 2.51. The average Bonchev–Trinajstić information content (AvgIpc) is 3.01. The number of rotatable bonds is 4. The van der Waals surface area contributed by atoms with Gasteiger partial charge in [0.2, 0.25) is 0 Å². The van der Waals surface area contributed by atoms with Crippen LogP contribution in [0, 0.1) is 17.8 Å². The quantitative estimate of drug-likeness (QED) is 0.497. The van der Waals surface area contributed by atoms with Gasteiger partial charge >= 0.3 is 12.4 Å². The van der Waals surface area contributed by atoms with Gasteiger partial charge in [-0.25, -0.2) is 13.4 Å². The third-order valence-electron chi connectivity index (χ3n) is 7.17. The summed E-state index contributed by atoms with van der Waals surface area (Å²) >= 11 is 0. The Kier molecular flexibility index (Phi) is 5.66. The Balaban J connectivity index is 1.50. The van der Waals surface area contributed by atoms with E-state index in [1.54, 1.807) is 0 Å². The molecule has 11 heteroatoms. The maximum Gasteiger partial charge on any atom is 0.433 e. The van der Waals surface area contributed by atoms with Crippen molar-refractivity contribution >= 4 is 15.6 Å². The number of hydrogen-bond donors (Lipinski definition) is 0. The molecule has 0 aliphatic heterocycles. The SMILES string of the molecule is CC(C)([C@H]1C[C@@H](C2Cc3nc(C(F)(F)F)ccc3C2=O)C1)S(=O)(=O)c1cccc(C(F)(F)F)c1. The van der Waals surface area contributed by atoms with Gasteiger partial charge in [-0.05, 0) is 68.9 Å². The molecule has 0 amide bonds. The molecule has 0 radical (unpaired) electrons. The van der Waals surface area contributed by atoms with E-state index in [1.807, 2.05) is 0 Å². The molecule has 2 aromatic rings. The molecule has 1 fully saturated rings. The minimum Gasteiger partial charge on any atom is -0.294 e. The van der Waals surface area contributed by atoms with E-state index >= 15 is 0 Å². The summed E-state index contributed by atoms with van der Waals surface area (Å²) in [5.74, 6) is -1.56. The molecule has 0 N–H and O–H groups in total. The summed E-state index contributed by atoms with van der Waals surface area (Å²) in [5.41, 5.74) is -1.89. The molecule has 1 heterocycles. The first-order valence-corrected chi connectivity index (χ1v) is 12.0. The van der Waals surface area contributed by atoms with Crippen molar-refractivity contribution < 1.29 is 39.6 Å². The van der Waals surface area contributed by atoms with E-state index in [1.165, 1.54) is 13.8 Å². The smallest absolute Gasteiger partial charge is 0.294 e. The van der Waals surface area contributed by atoms with Crippen molar-refractivity contribution in [1.29, 1.82) is 0 Å². The number of carbonyl (C=O) groups excluding carboxylic acids is 1. The zero-order valence-electron chi connectivity index (χ0n) is 18.2. The summed E-state index contributed by atoms with van der Waals surface area (Å²) in [4.78, 5) is 15.9. The molecule has 1 aromatic carbocycles. The molecule has 1 atom stereocenters. The Bertz CT molecular complexity index is 1240. The first kappa shape index (κ1) is 24.7. The van der Waals surface area contributed by atoms with Crippen molar-refractivity contribution in [1.82, 2.24) is 4.98 Å². The Labute approximate surface area is 192 Å². The molecule has 1 unspecified atom stereocenters. The predicted molar refractivity (Wildman–Crippen MR) is 110 cm³/mol. The van der Waals surface area contributed by atoms with E-state index in [0.717, 1.165) is 30.3 Å². The van der Waals surface area contributed by atoms with Crippen molar-refractivity contribution in [3.63, 3.8) is 0 Å². The van der Waals surface area contributed by atoms with Gasteiger partial charge in [-0.1, -0.05) is 6.07 Å². The van der Waals surface area contributed by atoms with Crippen LogP contribution in [0.5, 0.6) is 0 Å². The monoisotopic (exact) mass is 505 g/mol. The number of carbonyl (C=O) groups is 1. The number of halogens is 6. The number of fused-ring (bicyclic) bond motifs is 1. The Hall–Kier alpha value is -2.43. The second-order valence-corrected chi connectivity index (χ2v) is 12.0. The molecule has 0 saturated heterocycles.